The van der Waals surface area contributed by atoms with Crippen molar-refractivity contribution in [2.75, 3.05) is 27.8 Å². The van der Waals surface area contributed by atoms with E-state index in [0.29, 0.717) is 6.54 Å². The molecule has 0 saturated carbocycles. The molecule has 0 radical (unpaired) electrons. The zero-order valence-electron chi connectivity index (χ0n) is 17.3. The molecule has 0 atom stereocenters. The molecule has 0 saturated heterocycles. The Morgan fingerprint density at radius 1 is 1.07 bits per heavy atom. The molecule has 0 bridgehead atoms. The summed E-state index contributed by atoms with van der Waals surface area (Å²) in [4.78, 5) is 7.68. The van der Waals surface area contributed by atoms with Crippen molar-refractivity contribution in [3.05, 3.63) is 59.3 Å². The maximum Gasteiger partial charge on any atom is 0.191 e. The second kappa shape index (κ2) is 10.9. The number of para-hydroxylation sites is 1. The number of aliphatic imine (C=N–C) groups is 1. The maximum atomic E-state index is 5.36. The lowest BCUT2D eigenvalue weighted by atomic mass is 10.1. The third-order valence-electron chi connectivity index (χ3n) is 4.83. The minimum atomic E-state index is 0. The molecule has 2 aromatic carbocycles. The van der Waals surface area contributed by atoms with Crippen molar-refractivity contribution in [3.8, 4) is 11.5 Å². The minimum absolute atomic E-state index is 0. The van der Waals surface area contributed by atoms with Crippen LogP contribution in [0.25, 0.3) is 10.9 Å². The van der Waals surface area contributed by atoms with Crippen molar-refractivity contribution in [1.29, 1.82) is 0 Å². The molecule has 0 unspecified atom stereocenters. The van der Waals surface area contributed by atoms with Crippen LogP contribution in [0.4, 0.5) is 0 Å². The lowest BCUT2D eigenvalue weighted by Gasteiger charge is -2.13. The summed E-state index contributed by atoms with van der Waals surface area (Å²) in [5, 5.41) is 8.00. The van der Waals surface area contributed by atoms with Crippen LogP contribution in [-0.4, -0.2) is 38.8 Å². The van der Waals surface area contributed by atoms with Gasteiger partial charge in [0.15, 0.2) is 17.5 Å². The van der Waals surface area contributed by atoms with E-state index in [0.717, 1.165) is 36.0 Å². The van der Waals surface area contributed by atoms with Gasteiger partial charge in [0.25, 0.3) is 0 Å². The summed E-state index contributed by atoms with van der Waals surface area (Å²) in [6.07, 6.45) is 3.01. The van der Waals surface area contributed by atoms with Gasteiger partial charge in [-0.05, 0) is 42.2 Å². The Kier molecular flexibility index (Phi) is 8.63. The van der Waals surface area contributed by atoms with Gasteiger partial charge in [-0.1, -0.05) is 24.3 Å². The van der Waals surface area contributed by atoms with Gasteiger partial charge in [0.05, 0.1) is 14.2 Å². The summed E-state index contributed by atoms with van der Waals surface area (Å²) in [6, 6.07) is 12.3. The number of rotatable bonds is 7. The molecular formula is C22H29IN4O2. The molecule has 3 N–H and O–H groups in total. The number of aromatic nitrogens is 1. The zero-order chi connectivity index (χ0) is 19.9. The number of benzene rings is 2. The van der Waals surface area contributed by atoms with Gasteiger partial charge in [0.2, 0.25) is 0 Å². The van der Waals surface area contributed by atoms with Crippen LogP contribution in [0.3, 0.4) is 0 Å². The predicted molar refractivity (Wildman–Crippen MR) is 130 cm³/mol. The molecule has 29 heavy (non-hydrogen) atoms. The normalized spacial score (nSPS) is 11.1. The molecule has 0 aliphatic heterocycles. The van der Waals surface area contributed by atoms with Gasteiger partial charge in [0.1, 0.15) is 0 Å². The number of methoxy groups -OCH3 is 2. The first kappa shape index (κ1) is 22.9. The van der Waals surface area contributed by atoms with Crippen molar-refractivity contribution in [2.45, 2.75) is 19.9 Å². The number of ether oxygens (including phenoxy) is 2. The van der Waals surface area contributed by atoms with Gasteiger partial charge in [-0.15, -0.1) is 24.0 Å². The van der Waals surface area contributed by atoms with E-state index in [9.17, 15) is 0 Å². The monoisotopic (exact) mass is 508 g/mol. The molecule has 0 amide bonds. The molecule has 7 heteroatoms. The molecule has 3 rings (SSSR count). The average molecular weight is 508 g/mol. The fourth-order valence-electron chi connectivity index (χ4n) is 3.28. The van der Waals surface area contributed by atoms with Gasteiger partial charge in [0, 0.05) is 37.2 Å². The summed E-state index contributed by atoms with van der Waals surface area (Å²) in [5.41, 5.74) is 4.88. The fraction of sp³-hybridized carbons (Fsp3) is 0.318. The number of nitrogens with zero attached hydrogens (tertiary/aromatic N) is 1. The highest BCUT2D eigenvalue weighted by Crippen LogP contribution is 2.27. The first-order chi connectivity index (χ1) is 13.7. The lowest BCUT2D eigenvalue weighted by Crippen LogP contribution is -2.37. The topological polar surface area (TPSA) is 70.7 Å². The van der Waals surface area contributed by atoms with Crippen molar-refractivity contribution in [2.24, 2.45) is 4.99 Å². The van der Waals surface area contributed by atoms with Crippen LogP contribution in [0.5, 0.6) is 11.5 Å². The first-order valence-corrected chi connectivity index (χ1v) is 9.37. The third kappa shape index (κ3) is 5.56. The summed E-state index contributed by atoms with van der Waals surface area (Å²) in [6.45, 7) is 3.57. The molecule has 0 spiro atoms. The molecule has 0 fully saturated rings. The Hall–Kier alpha value is -2.42. The van der Waals surface area contributed by atoms with Crippen LogP contribution in [0.2, 0.25) is 0 Å². The largest absolute Gasteiger partial charge is 0.493 e. The van der Waals surface area contributed by atoms with Gasteiger partial charge < -0.3 is 25.1 Å². The Bertz CT molecular complexity index is 969. The molecule has 3 aromatic rings. The van der Waals surface area contributed by atoms with Crippen LogP contribution in [0.1, 0.15) is 16.7 Å². The number of H-pyrrole nitrogens is 1. The zero-order valence-corrected chi connectivity index (χ0v) is 19.7. The van der Waals surface area contributed by atoms with Gasteiger partial charge in [-0.2, -0.15) is 0 Å². The Morgan fingerprint density at radius 2 is 1.86 bits per heavy atom. The number of fused-ring (bicyclic) bond motifs is 1. The van der Waals surface area contributed by atoms with Crippen LogP contribution in [0.15, 0.2) is 47.6 Å². The van der Waals surface area contributed by atoms with Crippen LogP contribution in [-0.2, 0) is 13.0 Å². The molecule has 156 valence electrons. The van der Waals surface area contributed by atoms with Crippen molar-refractivity contribution in [3.63, 3.8) is 0 Å². The van der Waals surface area contributed by atoms with Gasteiger partial charge >= 0.3 is 0 Å². The van der Waals surface area contributed by atoms with Crippen LogP contribution >= 0.6 is 24.0 Å². The second-order valence-electron chi connectivity index (χ2n) is 6.60. The Balaban J connectivity index is 0.00000300. The highest BCUT2D eigenvalue weighted by Gasteiger charge is 2.07. The summed E-state index contributed by atoms with van der Waals surface area (Å²) >= 11 is 0. The van der Waals surface area contributed by atoms with Gasteiger partial charge in [-0.25, -0.2) is 0 Å². The maximum absolute atomic E-state index is 5.36. The van der Waals surface area contributed by atoms with E-state index in [1.54, 1.807) is 21.3 Å². The van der Waals surface area contributed by atoms with Crippen LogP contribution in [0, 0.1) is 6.92 Å². The van der Waals surface area contributed by atoms with E-state index in [-0.39, 0.29) is 24.0 Å². The predicted octanol–water partition coefficient (Wildman–Crippen LogP) is 4.02. The summed E-state index contributed by atoms with van der Waals surface area (Å²) in [7, 11) is 5.05. The molecule has 0 aliphatic rings. The molecule has 0 aliphatic carbocycles. The number of guanidine groups is 1. The molecule has 6 nitrogen and oxygen atoms in total. The van der Waals surface area contributed by atoms with E-state index in [2.05, 4.69) is 51.9 Å². The van der Waals surface area contributed by atoms with E-state index in [1.165, 1.54) is 22.0 Å². The highest BCUT2D eigenvalue weighted by molar-refractivity contribution is 14.0. The standard InChI is InChI=1S/C22H28N4O2.HI/c1-15-6-5-7-18-17(14-25-21(15)18)10-11-24-22(23-2)26-13-16-8-9-19(27-3)20(12-16)28-4;/h5-9,12,14,25H,10-11,13H2,1-4H3,(H2,23,24,26);1H. The number of hydrogen-bond acceptors (Lipinski definition) is 3. The number of halogens is 1. The third-order valence-corrected chi connectivity index (χ3v) is 4.83. The molecule has 1 aromatic heterocycles. The van der Waals surface area contributed by atoms with E-state index >= 15 is 0 Å². The fourth-order valence-corrected chi connectivity index (χ4v) is 3.28. The smallest absolute Gasteiger partial charge is 0.191 e. The Labute approximate surface area is 189 Å². The number of hydrogen-bond donors (Lipinski definition) is 3. The van der Waals surface area contributed by atoms with E-state index in [4.69, 9.17) is 9.47 Å². The van der Waals surface area contributed by atoms with Crippen molar-refractivity contribution in [1.82, 2.24) is 15.6 Å². The minimum Gasteiger partial charge on any atom is -0.493 e. The first-order valence-electron chi connectivity index (χ1n) is 9.37. The van der Waals surface area contributed by atoms with Gasteiger partial charge in [-0.3, -0.25) is 4.99 Å². The van der Waals surface area contributed by atoms with E-state index in [1.807, 2.05) is 18.2 Å². The van der Waals surface area contributed by atoms with Crippen LogP contribution < -0.4 is 20.1 Å². The molecule has 1 heterocycles. The quantitative estimate of drug-likeness (QED) is 0.256. The van der Waals surface area contributed by atoms with Crippen molar-refractivity contribution >= 4 is 40.8 Å². The van der Waals surface area contributed by atoms with E-state index < -0.39 is 0 Å². The molecular weight excluding hydrogens is 479 g/mol. The summed E-state index contributed by atoms with van der Waals surface area (Å²) < 4.78 is 10.6. The Morgan fingerprint density at radius 3 is 2.59 bits per heavy atom. The number of nitrogens with one attached hydrogen (secondary N) is 3. The average Bonchev–Trinajstić information content (AvgIpc) is 3.14. The SMILES string of the molecule is CN=C(NCCc1c[nH]c2c(C)cccc12)NCc1ccc(OC)c(OC)c1.I. The highest BCUT2D eigenvalue weighted by atomic mass is 127. The second-order valence-corrected chi connectivity index (χ2v) is 6.60. The number of aromatic amines is 1. The van der Waals surface area contributed by atoms with Crippen molar-refractivity contribution < 1.29 is 9.47 Å². The summed E-state index contributed by atoms with van der Waals surface area (Å²) in [5.74, 6) is 2.22. The lowest BCUT2D eigenvalue weighted by molar-refractivity contribution is 0.354. The number of aryl methyl sites for hydroxylation is 1.